The second kappa shape index (κ2) is 6.42. The fourth-order valence-corrected chi connectivity index (χ4v) is 2.14. The molecule has 1 saturated carbocycles. The van der Waals surface area contributed by atoms with E-state index in [0.29, 0.717) is 23.3 Å². The summed E-state index contributed by atoms with van der Waals surface area (Å²) in [5.41, 5.74) is 0.460. The molecule has 0 saturated heterocycles. The molecular weight excluding hydrogens is 252 g/mol. The normalized spacial score (nSPS) is 13.9. The van der Waals surface area contributed by atoms with Crippen molar-refractivity contribution in [1.82, 2.24) is 4.90 Å². The predicted octanol–water partition coefficient (Wildman–Crippen LogP) is 2.58. The second-order valence-electron chi connectivity index (χ2n) is 5.57. The first-order valence-corrected chi connectivity index (χ1v) is 7.03. The standard InChI is InChI=1S/C16H20N2O2/c1-12(2)10-18(14-7-8-14)16(19)11-20-15-6-4-3-5-13(15)9-17/h3-6,12,14H,7-8,10-11H2,1-2H3. The van der Waals surface area contributed by atoms with E-state index in [2.05, 4.69) is 19.9 Å². The minimum atomic E-state index is 0.00190. The average Bonchev–Trinajstić information content (AvgIpc) is 3.26. The summed E-state index contributed by atoms with van der Waals surface area (Å²) in [7, 11) is 0. The number of hydrogen-bond donors (Lipinski definition) is 0. The number of carbonyl (C=O) groups is 1. The maximum atomic E-state index is 12.3. The molecule has 0 bridgehead atoms. The number of rotatable bonds is 6. The SMILES string of the molecule is CC(C)CN(C(=O)COc1ccccc1C#N)C1CC1. The molecule has 0 aliphatic heterocycles. The highest BCUT2D eigenvalue weighted by Gasteiger charge is 2.32. The molecule has 2 rings (SSSR count). The Labute approximate surface area is 120 Å². The molecule has 1 amide bonds. The van der Waals surface area contributed by atoms with Crippen LogP contribution in [0.4, 0.5) is 0 Å². The zero-order valence-electron chi connectivity index (χ0n) is 12.0. The summed E-state index contributed by atoms with van der Waals surface area (Å²) in [4.78, 5) is 14.2. The molecule has 1 aromatic rings. The maximum absolute atomic E-state index is 12.3. The van der Waals surface area contributed by atoms with Gasteiger partial charge in [0.1, 0.15) is 11.8 Å². The van der Waals surface area contributed by atoms with Gasteiger partial charge in [-0.1, -0.05) is 26.0 Å². The third-order valence-corrected chi connectivity index (χ3v) is 3.23. The van der Waals surface area contributed by atoms with Crippen LogP contribution < -0.4 is 4.74 Å². The Balaban J connectivity index is 1.95. The first-order valence-electron chi connectivity index (χ1n) is 7.03. The van der Waals surface area contributed by atoms with Crippen molar-refractivity contribution in [2.45, 2.75) is 32.7 Å². The van der Waals surface area contributed by atoms with Gasteiger partial charge in [0.15, 0.2) is 6.61 Å². The summed E-state index contributed by atoms with van der Waals surface area (Å²) in [6, 6.07) is 9.44. The van der Waals surface area contributed by atoms with Crippen LogP contribution >= 0.6 is 0 Å². The van der Waals surface area contributed by atoms with Crippen molar-refractivity contribution in [3.8, 4) is 11.8 Å². The largest absolute Gasteiger partial charge is 0.482 e. The van der Waals surface area contributed by atoms with Crippen molar-refractivity contribution in [3.63, 3.8) is 0 Å². The van der Waals surface area contributed by atoms with Crippen molar-refractivity contribution >= 4 is 5.91 Å². The first kappa shape index (κ1) is 14.4. The van der Waals surface area contributed by atoms with E-state index in [9.17, 15) is 4.79 Å². The topological polar surface area (TPSA) is 53.3 Å². The summed E-state index contributed by atoms with van der Waals surface area (Å²) in [5.74, 6) is 0.934. The Morgan fingerprint density at radius 2 is 2.15 bits per heavy atom. The molecule has 0 aromatic heterocycles. The molecule has 1 fully saturated rings. The van der Waals surface area contributed by atoms with Crippen LogP contribution in [0.3, 0.4) is 0 Å². The monoisotopic (exact) mass is 272 g/mol. The van der Waals surface area contributed by atoms with Gasteiger partial charge in [0.05, 0.1) is 5.56 Å². The lowest BCUT2D eigenvalue weighted by atomic mass is 10.2. The minimum Gasteiger partial charge on any atom is -0.482 e. The number of nitrogens with zero attached hydrogens (tertiary/aromatic N) is 2. The van der Waals surface area contributed by atoms with Gasteiger partial charge in [-0.15, -0.1) is 0 Å². The fourth-order valence-electron chi connectivity index (χ4n) is 2.14. The van der Waals surface area contributed by atoms with Crippen molar-refractivity contribution < 1.29 is 9.53 Å². The van der Waals surface area contributed by atoms with Gasteiger partial charge in [0.2, 0.25) is 0 Å². The molecular formula is C16H20N2O2. The van der Waals surface area contributed by atoms with Crippen LogP contribution in [-0.2, 0) is 4.79 Å². The Kier molecular flexibility index (Phi) is 4.62. The summed E-state index contributed by atoms with van der Waals surface area (Å²) in [6.45, 7) is 4.98. The third-order valence-electron chi connectivity index (χ3n) is 3.23. The molecule has 1 aromatic carbocycles. The number of ether oxygens (including phenoxy) is 1. The Bertz CT molecular complexity index is 515. The van der Waals surface area contributed by atoms with Crippen LogP contribution in [0.2, 0.25) is 0 Å². The van der Waals surface area contributed by atoms with Crippen molar-refractivity contribution in [1.29, 1.82) is 5.26 Å². The molecule has 4 heteroatoms. The van der Waals surface area contributed by atoms with Crippen LogP contribution in [0.5, 0.6) is 5.75 Å². The lowest BCUT2D eigenvalue weighted by Crippen LogP contribution is -2.39. The third kappa shape index (κ3) is 3.74. The Morgan fingerprint density at radius 3 is 2.75 bits per heavy atom. The zero-order chi connectivity index (χ0) is 14.5. The van der Waals surface area contributed by atoms with Crippen molar-refractivity contribution in [2.24, 2.45) is 5.92 Å². The van der Waals surface area contributed by atoms with Gasteiger partial charge in [-0.2, -0.15) is 5.26 Å². The molecule has 1 aliphatic carbocycles. The van der Waals surface area contributed by atoms with E-state index in [0.717, 1.165) is 19.4 Å². The molecule has 106 valence electrons. The van der Waals surface area contributed by atoms with Crippen LogP contribution in [0.25, 0.3) is 0 Å². The van der Waals surface area contributed by atoms with E-state index in [4.69, 9.17) is 10.00 Å². The number of benzene rings is 1. The van der Waals surface area contributed by atoms with E-state index in [1.165, 1.54) is 0 Å². The lowest BCUT2D eigenvalue weighted by molar-refractivity contribution is -0.134. The summed E-state index contributed by atoms with van der Waals surface area (Å²) >= 11 is 0. The minimum absolute atomic E-state index is 0.00190. The number of amides is 1. The van der Waals surface area contributed by atoms with Gasteiger partial charge < -0.3 is 9.64 Å². The van der Waals surface area contributed by atoms with E-state index in [1.54, 1.807) is 24.3 Å². The maximum Gasteiger partial charge on any atom is 0.260 e. The van der Waals surface area contributed by atoms with E-state index < -0.39 is 0 Å². The Morgan fingerprint density at radius 1 is 1.45 bits per heavy atom. The molecule has 0 heterocycles. The number of carbonyl (C=O) groups excluding carboxylic acids is 1. The highest BCUT2D eigenvalue weighted by molar-refractivity contribution is 5.78. The number of nitriles is 1. The fraction of sp³-hybridized carbons (Fsp3) is 0.500. The lowest BCUT2D eigenvalue weighted by Gasteiger charge is -2.24. The predicted molar refractivity (Wildman–Crippen MR) is 76.2 cm³/mol. The van der Waals surface area contributed by atoms with Gasteiger partial charge in [-0.3, -0.25) is 4.79 Å². The van der Waals surface area contributed by atoms with E-state index >= 15 is 0 Å². The van der Waals surface area contributed by atoms with E-state index in [1.807, 2.05) is 4.90 Å². The molecule has 0 unspecified atom stereocenters. The number of hydrogen-bond acceptors (Lipinski definition) is 3. The van der Waals surface area contributed by atoms with Gasteiger partial charge in [-0.25, -0.2) is 0 Å². The van der Waals surface area contributed by atoms with Gasteiger partial charge in [-0.05, 0) is 30.9 Å². The first-order chi connectivity index (χ1) is 9.61. The highest BCUT2D eigenvalue weighted by Crippen LogP contribution is 2.28. The van der Waals surface area contributed by atoms with Crippen molar-refractivity contribution in [3.05, 3.63) is 29.8 Å². The summed E-state index contributed by atoms with van der Waals surface area (Å²) in [6.07, 6.45) is 2.18. The van der Waals surface area contributed by atoms with Gasteiger partial charge in [0, 0.05) is 12.6 Å². The molecule has 0 atom stereocenters. The average molecular weight is 272 g/mol. The smallest absolute Gasteiger partial charge is 0.260 e. The van der Waals surface area contributed by atoms with Crippen LogP contribution in [0.15, 0.2) is 24.3 Å². The number of para-hydroxylation sites is 1. The van der Waals surface area contributed by atoms with E-state index in [-0.39, 0.29) is 12.5 Å². The molecule has 0 N–H and O–H groups in total. The summed E-state index contributed by atoms with van der Waals surface area (Å²) in [5, 5.41) is 8.98. The zero-order valence-corrected chi connectivity index (χ0v) is 12.0. The molecule has 20 heavy (non-hydrogen) atoms. The quantitative estimate of drug-likeness (QED) is 0.799. The highest BCUT2D eigenvalue weighted by atomic mass is 16.5. The molecule has 4 nitrogen and oxygen atoms in total. The van der Waals surface area contributed by atoms with Crippen LogP contribution in [0, 0.1) is 17.2 Å². The van der Waals surface area contributed by atoms with Crippen molar-refractivity contribution in [2.75, 3.05) is 13.2 Å². The molecule has 1 aliphatic rings. The van der Waals surface area contributed by atoms with Gasteiger partial charge in [0.25, 0.3) is 5.91 Å². The second-order valence-corrected chi connectivity index (χ2v) is 5.57. The Hall–Kier alpha value is -2.02. The summed E-state index contributed by atoms with van der Waals surface area (Å²) < 4.78 is 5.52. The van der Waals surface area contributed by atoms with Gasteiger partial charge >= 0.3 is 0 Å². The molecule has 0 radical (unpaired) electrons. The molecule has 0 spiro atoms. The van der Waals surface area contributed by atoms with Crippen LogP contribution in [0.1, 0.15) is 32.3 Å². The van der Waals surface area contributed by atoms with Crippen LogP contribution in [-0.4, -0.2) is 30.0 Å².